The summed E-state index contributed by atoms with van der Waals surface area (Å²) in [5.41, 5.74) is 0.859. The fourth-order valence-corrected chi connectivity index (χ4v) is 4.14. The van der Waals surface area contributed by atoms with E-state index in [4.69, 9.17) is 0 Å². The minimum Gasteiger partial charge on any atom is -0.292 e. The van der Waals surface area contributed by atoms with E-state index in [2.05, 4.69) is 11.8 Å². The summed E-state index contributed by atoms with van der Waals surface area (Å²) >= 11 is 0. The second kappa shape index (κ2) is 6.09. The van der Waals surface area contributed by atoms with Crippen LogP contribution in [-0.4, -0.2) is 29.3 Å². The number of rotatable bonds is 3. The van der Waals surface area contributed by atoms with Gasteiger partial charge < -0.3 is 0 Å². The van der Waals surface area contributed by atoms with Gasteiger partial charge in [0, 0.05) is 11.6 Å². The van der Waals surface area contributed by atoms with Crippen LogP contribution < -0.4 is 0 Å². The number of hydrogen-bond donors (Lipinski definition) is 0. The fraction of sp³-hybridized carbons (Fsp3) is 0.611. The normalized spacial score (nSPS) is 28.6. The van der Waals surface area contributed by atoms with Gasteiger partial charge in [0.25, 0.3) is 0 Å². The van der Waals surface area contributed by atoms with Crippen molar-refractivity contribution in [3.8, 4) is 0 Å². The SMILES string of the molecule is CC(C(=O)c1ccccc1)N1CCC[C@H]2CCCC[C@H]21. The van der Waals surface area contributed by atoms with Crippen LogP contribution in [-0.2, 0) is 0 Å². The summed E-state index contributed by atoms with van der Waals surface area (Å²) in [6.45, 7) is 3.20. The van der Waals surface area contributed by atoms with E-state index in [1.54, 1.807) is 0 Å². The lowest BCUT2D eigenvalue weighted by Crippen LogP contribution is -2.53. The number of fused-ring (bicyclic) bond motifs is 1. The number of nitrogens with zero attached hydrogens (tertiary/aromatic N) is 1. The van der Waals surface area contributed by atoms with Crippen LogP contribution in [0.4, 0.5) is 0 Å². The zero-order valence-electron chi connectivity index (χ0n) is 12.4. The Bertz CT molecular complexity index is 454. The van der Waals surface area contributed by atoms with Crippen molar-refractivity contribution in [3.05, 3.63) is 35.9 Å². The number of benzene rings is 1. The van der Waals surface area contributed by atoms with Crippen LogP contribution in [0.25, 0.3) is 0 Å². The fourth-order valence-electron chi connectivity index (χ4n) is 4.14. The largest absolute Gasteiger partial charge is 0.292 e. The van der Waals surface area contributed by atoms with Crippen LogP contribution in [0.15, 0.2) is 30.3 Å². The number of likely N-dealkylation sites (tertiary alicyclic amines) is 1. The number of Topliss-reactive ketones (excluding diaryl/α,β-unsaturated/α-hetero) is 1. The Labute approximate surface area is 122 Å². The van der Waals surface area contributed by atoms with Crippen molar-refractivity contribution in [2.75, 3.05) is 6.54 Å². The molecular weight excluding hydrogens is 246 g/mol. The smallest absolute Gasteiger partial charge is 0.179 e. The Morgan fingerprint density at radius 3 is 2.60 bits per heavy atom. The lowest BCUT2D eigenvalue weighted by atomic mass is 9.77. The van der Waals surface area contributed by atoms with E-state index in [1.807, 2.05) is 30.3 Å². The molecule has 2 nitrogen and oxygen atoms in total. The van der Waals surface area contributed by atoms with Gasteiger partial charge in [-0.3, -0.25) is 9.69 Å². The van der Waals surface area contributed by atoms with Crippen LogP contribution in [0.1, 0.15) is 55.8 Å². The Balaban J connectivity index is 1.75. The molecular formula is C18H25NO. The van der Waals surface area contributed by atoms with Crippen LogP contribution >= 0.6 is 0 Å². The molecule has 3 atom stereocenters. The van der Waals surface area contributed by atoms with Crippen molar-refractivity contribution in [1.29, 1.82) is 0 Å². The van der Waals surface area contributed by atoms with Crippen molar-refractivity contribution in [2.45, 2.75) is 57.5 Å². The van der Waals surface area contributed by atoms with Gasteiger partial charge in [0.15, 0.2) is 5.78 Å². The summed E-state index contributed by atoms with van der Waals surface area (Å²) in [6.07, 6.45) is 8.01. The molecule has 1 saturated heterocycles. The van der Waals surface area contributed by atoms with Crippen LogP contribution in [0, 0.1) is 5.92 Å². The van der Waals surface area contributed by atoms with Crippen molar-refractivity contribution < 1.29 is 4.79 Å². The maximum absolute atomic E-state index is 12.7. The Morgan fingerprint density at radius 1 is 1.10 bits per heavy atom. The second-order valence-corrected chi connectivity index (χ2v) is 6.40. The van der Waals surface area contributed by atoms with E-state index >= 15 is 0 Å². The molecule has 2 heteroatoms. The zero-order chi connectivity index (χ0) is 13.9. The minimum atomic E-state index is 0.0308. The molecule has 20 heavy (non-hydrogen) atoms. The second-order valence-electron chi connectivity index (χ2n) is 6.40. The predicted molar refractivity (Wildman–Crippen MR) is 81.9 cm³/mol. The van der Waals surface area contributed by atoms with Crippen molar-refractivity contribution in [3.63, 3.8) is 0 Å². The average molecular weight is 271 g/mol. The highest BCUT2D eigenvalue weighted by atomic mass is 16.1. The van der Waals surface area contributed by atoms with E-state index in [0.29, 0.717) is 6.04 Å². The quantitative estimate of drug-likeness (QED) is 0.777. The molecule has 0 aromatic heterocycles. The highest BCUT2D eigenvalue weighted by molar-refractivity contribution is 5.99. The first kappa shape index (κ1) is 13.8. The van der Waals surface area contributed by atoms with Crippen molar-refractivity contribution in [1.82, 2.24) is 4.90 Å². The molecule has 1 unspecified atom stereocenters. The summed E-state index contributed by atoms with van der Waals surface area (Å²) in [7, 11) is 0. The van der Waals surface area contributed by atoms with Gasteiger partial charge in [-0.1, -0.05) is 43.2 Å². The van der Waals surface area contributed by atoms with E-state index in [9.17, 15) is 4.79 Å². The average Bonchev–Trinajstić information content (AvgIpc) is 2.54. The third kappa shape index (κ3) is 2.67. The van der Waals surface area contributed by atoms with Gasteiger partial charge in [0.05, 0.1) is 6.04 Å². The zero-order valence-corrected chi connectivity index (χ0v) is 12.4. The molecule has 1 aromatic rings. The monoisotopic (exact) mass is 271 g/mol. The van der Waals surface area contributed by atoms with Crippen LogP contribution in [0.5, 0.6) is 0 Å². The molecule has 2 fully saturated rings. The third-order valence-electron chi connectivity index (χ3n) is 5.22. The number of piperidine rings is 1. The number of ketones is 1. The lowest BCUT2D eigenvalue weighted by Gasteiger charge is -2.46. The minimum absolute atomic E-state index is 0.0308. The standard InChI is InChI=1S/C18H25NO/c1-14(18(20)16-9-3-2-4-10-16)19-13-7-11-15-8-5-6-12-17(15)19/h2-4,9-10,14-15,17H,5-8,11-13H2,1H3/t14?,15-,17-/m1/s1. The first-order valence-electron chi connectivity index (χ1n) is 8.12. The maximum Gasteiger partial charge on any atom is 0.179 e. The molecule has 0 N–H and O–H groups in total. The van der Waals surface area contributed by atoms with E-state index in [1.165, 1.54) is 38.5 Å². The summed E-state index contributed by atoms with van der Waals surface area (Å²) in [6, 6.07) is 10.5. The predicted octanol–water partition coefficient (Wildman–Crippen LogP) is 3.91. The lowest BCUT2D eigenvalue weighted by molar-refractivity contribution is 0.0297. The van der Waals surface area contributed by atoms with Gasteiger partial charge in [-0.05, 0) is 45.1 Å². The van der Waals surface area contributed by atoms with Crippen LogP contribution in [0.3, 0.4) is 0 Å². The molecule has 3 rings (SSSR count). The van der Waals surface area contributed by atoms with Gasteiger partial charge in [-0.25, -0.2) is 0 Å². The molecule has 1 aromatic carbocycles. The van der Waals surface area contributed by atoms with Gasteiger partial charge >= 0.3 is 0 Å². The van der Waals surface area contributed by atoms with Gasteiger partial charge in [-0.2, -0.15) is 0 Å². The number of hydrogen-bond acceptors (Lipinski definition) is 2. The van der Waals surface area contributed by atoms with E-state index in [-0.39, 0.29) is 11.8 Å². The molecule has 0 bridgehead atoms. The number of carbonyl (C=O) groups is 1. The van der Waals surface area contributed by atoms with Crippen molar-refractivity contribution >= 4 is 5.78 Å². The highest BCUT2D eigenvalue weighted by Gasteiger charge is 2.37. The van der Waals surface area contributed by atoms with E-state index in [0.717, 1.165) is 18.0 Å². The van der Waals surface area contributed by atoms with E-state index < -0.39 is 0 Å². The molecule has 0 radical (unpaired) electrons. The highest BCUT2D eigenvalue weighted by Crippen LogP contribution is 2.36. The molecule has 1 aliphatic carbocycles. The molecule has 1 saturated carbocycles. The summed E-state index contributed by atoms with van der Waals surface area (Å²) in [5.74, 6) is 1.13. The topological polar surface area (TPSA) is 20.3 Å². The Kier molecular flexibility index (Phi) is 4.21. The van der Waals surface area contributed by atoms with Crippen molar-refractivity contribution in [2.24, 2.45) is 5.92 Å². The molecule has 0 amide bonds. The maximum atomic E-state index is 12.7. The Hall–Kier alpha value is -1.15. The molecule has 1 heterocycles. The van der Waals surface area contributed by atoms with Gasteiger partial charge in [-0.15, -0.1) is 0 Å². The summed E-state index contributed by atoms with van der Waals surface area (Å²) in [4.78, 5) is 15.2. The van der Waals surface area contributed by atoms with Crippen LogP contribution in [0.2, 0.25) is 0 Å². The first-order valence-corrected chi connectivity index (χ1v) is 8.12. The molecule has 0 spiro atoms. The van der Waals surface area contributed by atoms with Gasteiger partial charge in [0.2, 0.25) is 0 Å². The molecule has 108 valence electrons. The first-order chi connectivity index (χ1) is 9.77. The Morgan fingerprint density at radius 2 is 1.80 bits per heavy atom. The van der Waals surface area contributed by atoms with Gasteiger partial charge in [0.1, 0.15) is 0 Å². The number of carbonyl (C=O) groups excluding carboxylic acids is 1. The molecule has 2 aliphatic rings. The molecule has 1 aliphatic heterocycles. The summed E-state index contributed by atoms with van der Waals surface area (Å²) < 4.78 is 0. The third-order valence-corrected chi connectivity index (χ3v) is 5.22. The summed E-state index contributed by atoms with van der Waals surface area (Å²) in [5, 5.41) is 0.